The molecule has 2 atom stereocenters. The molecule has 0 bridgehead atoms. The molecular formula is C9H13Cl2N. The number of hydrogen-bond acceptors (Lipinski definition) is 1. The molecule has 0 fully saturated rings. The maximum absolute atomic E-state index is 5.88. The number of rotatable bonds is 5. The number of hydrogen-bond donors (Lipinski definition) is 0. The Morgan fingerprint density at radius 1 is 1.58 bits per heavy atom. The lowest BCUT2D eigenvalue weighted by atomic mass is 10.2. The average molecular weight is 206 g/mol. The van der Waals surface area contributed by atoms with E-state index in [-0.39, 0.29) is 10.8 Å². The van der Waals surface area contributed by atoms with Crippen molar-refractivity contribution in [2.45, 2.75) is 24.1 Å². The molecule has 68 valence electrons. The van der Waals surface area contributed by atoms with Gasteiger partial charge in [-0.3, -0.25) is 4.99 Å². The van der Waals surface area contributed by atoms with Crippen molar-refractivity contribution in [1.29, 1.82) is 0 Å². The van der Waals surface area contributed by atoms with Crippen LogP contribution in [0, 0.1) is 0 Å². The molecule has 0 aromatic rings. The average Bonchev–Trinajstić information content (AvgIpc) is 2.03. The SMILES string of the molecule is C=NC(=C)/C=C\C[C@@H](Cl)C(C)Cl. The van der Waals surface area contributed by atoms with E-state index < -0.39 is 0 Å². The number of allylic oxidation sites excluding steroid dienone is 2. The summed E-state index contributed by atoms with van der Waals surface area (Å²) in [5.41, 5.74) is 0.640. The Morgan fingerprint density at radius 2 is 2.17 bits per heavy atom. The quantitative estimate of drug-likeness (QED) is 0.371. The predicted molar refractivity (Wildman–Crippen MR) is 57.4 cm³/mol. The summed E-state index contributed by atoms with van der Waals surface area (Å²) in [5.74, 6) is 0. The van der Waals surface area contributed by atoms with E-state index in [4.69, 9.17) is 23.2 Å². The van der Waals surface area contributed by atoms with Crippen molar-refractivity contribution >= 4 is 29.9 Å². The molecule has 0 heterocycles. The fourth-order valence-electron chi connectivity index (χ4n) is 0.574. The highest BCUT2D eigenvalue weighted by Gasteiger charge is 2.08. The van der Waals surface area contributed by atoms with E-state index in [2.05, 4.69) is 18.3 Å². The molecule has 0 aromatic heterocycles. The smallest absolute Gasteiger partial charge is 0.0547 e. The minimum atomic E-state index is -0.0412. The molecule has 1 unspecified atom stereocenters. The Bertz CT molecular complexity index is 185. The first kappa shape index (κ1) is 11.7. The monoisotopic (exact) mass is 205 g/mol. The van der Waals surface area contributed by atoms with Crippen LogP contribution >= 0.6 is 23.2 Å². The Hall–Kier alpha value is -0.270. The first-order valence-corrected chi connectivity index (χ1v) is 4.55. The third-order valence-electron chi connectivity index (χ3n) is 1.37. The summed E-state index contributed by atoms with van der Waals surface area (Å²) < 4.78 is 0. The van der Waals surface area contributed by atoms with Crippen molar-refractivity contribution in [3.05, 3.63) is 24.4 Å². The van der Waals surface area contributed by atoms with E-state index in [1.165, 1.54) is 0 Å². The van der Waals surface area contributed by atoms with Gasteiger partial charge in [0, 0.05) is 5.38 Å². The van der Waals surface area contributed by atoms with Crippen molar-refractivity contribution in [3.63, 3.8) is 0 Å². The second-order valence-electron chi connectivity index (χ2n) is 2.48. The molecule has 0 radical (unpaired) electrons. The molecule has 12 heavy (non-hydrogen) atoms. The van der Waals surface area contributed by atoms with Crippen LogP contribution in [0.2, 0.25) is 0 Å². The lowest BCUT2D eigenvalue weighted by molar-refractivity contribution is 0.833. The lowest BCUT2D eigenvalue weighted by Crippen LogP contribution is -2.08. The van der Waals surface area contributed by atoms with Gasteiger partial charge in [0.2, 0.25) is 0 Å². The van der Waals surface area contributed by atoms with Crippen LogP contribution in [0.1, 0.15) is 13.3 Å². The van der Waals surface area contributed by atoms with Gasteiger partial charge in [0.25, 0.3) is 0 Å². The summed E-state index contributed by atoms with van der Waals surface area (Å²) in [7, 11) is 0. The fraction of sp³-hybridized carbons (Fsp3) is 0.444. The summed E-state index contributed by atoms with van der Waals surface area (Å²) >= 11 is 11.6. The normalized spacial score (nSPS) is 15.9. The Morgan fingerprint density at radius 3 is 2.58 bits per heavy atom. The topological polar surface area (TPSA) is 12.4 Å². The van der Waals surface area contributed by atoms with Crippen LogP contribution in [0.3, 0.4) is 0 Å². The van der Waals surface area contributed by atoms with Crippen LogP contribution < -0.4 is 0 Å². The van der Waals surface area contributed by atoms with Gasteiger partial charge < -0.3 is 0 Å². The van der Waals surface area contributed by atoms with Crippen molar-refractivity contribution in [2.75, 3.05) is 0 Å². The molecule has 0 amide bonds. The number of alkyl halides is 2. The van der Waals surface area contributed by atoms with E-state index in [9.17, 15) is 0 Å². The molecule has 1 nitrogen and oxygen atoms in total. The second-order valence-corrected chi connectivity index (χ2v) is 3.73. The fourth-order valence-corrected chi connectivity index (χ4v) is 0.780. The minimum Gasteiger partial charge on any atom is -0.265 e. The first-order chi connectivity index (χ1) is 5.57. The maximum Gasteiger partial charge on any atom is 0.0547 e. The molecule has 3 heteroatoms. The van der Waals surface area contributed by atoms with Gasteiger partial charge in [-0.2, -0.15) is 0 Å². The zero-order valence-electron chi connectivity index (χ0n) is 7.13. The van der Waals surface area contributed by atoms with E-state index >= 15 is 0 Å². The molecule has 0 aliphatic rings. The molecular weight excluding hydrogens is 193 g/mol. The van der Waals surface area contributed by atoms with Crippen LogP contribution in [-0.4, -0.2) is 17.5 Å². The summed E-state index contributed by atoms with van der Waals surface area (Å²) in [5, 5.41) is -0.0678. The molecule has 0 rings (SSSR count). The van der Waals surface area contributed by atoms with Crippen molar-refractivity contribution in [2.24, 2.45) is 4.99 Å². The van der Waals surface area contributed by atoms with Gasteiger partial charge in [-0.15, -0.1) is 23.2 Å². The maximum atomic E-state index is 5.88. The molecule has 0 saturated carbocycles. The van der Waals surface area contributed by atoms with Gasteiger partial charge in [0.05, 0.1) is 11.1 Å². The second kappa shape index (κ2) is 6.27. The molecule has 0 saturated heterocycles. The van der Waals surface area contributed by atoms with Gasteiger partial charge in [-0.25, -0.2) is 0 Å². The highest BCUT2D eigenvalue weighted by Crippen LogP contribution is 2.13. The zero-order chi connectivity index (χ0) is 9.56. The lowest BCUT2D eigenvalue weighted by Gasteiger charge is -2.07. The van der Waals surface area contributed by atoms with Crippen molar-refractivity contribution in [1.82, 2.24) is 0 Å². The summed E-state index contributed by atoms with van der Waals surface area (Å²) in [6.45, 7) is 8.83. The third-order valence-corrected chi connectivity index (χ3v) is 2.36. The third kappa shape index (κ3) is 5.39. The van der Waals surface area contributed by atoms with Gasteiger partial charge in [0.15, 0.2) is 0 Å². The van der Waals surface area contributed by atoms with Crippen LogP contribution in [0.25, 0.3) is 0 Å². The highest BCUT2D eigenvalue weighted by molar-refractivity contribution is 6.29. The standard InChI is InChI=1S/C9H13Cl2N/c1-7(12-3)5-4-6-9(11)8(2)10/h4-5,8-9H,1,3,6H2,2H3/b5-4-/t8?,9-/m1/s1. The van der Waals surface area contributed by atoms with Crippen LogP contribution in [0.15, 0.2) is 29.4 Å². The Kier molecular flexibility index (Phi) is 6.13. The zero-order valence-corrected chi connectivity index (χ0v) is 8.65. The Labute approximate surface area is 83.8 Å². The summed E-state index contributed by atoms with van der Waals surface area (Å²) in [4.78, 5) is 3.62. The molecule has 0 spiro atoms. The predicted octanol–water partition coefficient (Wildman–Crippen LogP) is 3.38. The minimum absolute atomic E-state index is 0.0266. The van der Waals surface area contributed by atoms with Gasteiger partial charge in [0.1, 0.15) is 0 Å². The van der Waals surface area contributed by atoms with Crippen molar-refractivity contribution in [3.8, 4) is 0 Å². The molecule has 0 aliphatic carbocycles. The first-order valence-electron chi connectivity index (χ1n) is 3.68. The van der Waals surface area contributed by atoms with Crippen LogP contribution in [0.5, 0.6) is 0 Å². The van der Waals surface area contributed by atoms with Crippen LogP contribution in [-0.2, 0) is 0 Å². The summed E-state index contributed by atoms with van der Waals surface area (Å²) in [6.07, 6.45) is 4.40. The van der Waals surface area contributed by atoms with E-state index in [1.807, 2.05) is 13.0 Å². The van der Waals surface area contributed by atoms with Crippen molar-refractivity contribution < 1.29 is 0 Å². The van der Waals surface area contributed by atoms with E-state index in [0.717, 1.165) is 6.42 Å². The molecule has 0 aromatic carbocycles. The van der Waals surface area contributed by atoms with E-state index in [1.54, 1.807) is 6.08 Å². The van der Waals surface area contributed by atoms with Gasteiger partial charge in [-0.1, -0.05) is 12.7 Å². The largest absolute Gasteiger partial charge is 0.265 e. The number of halogens is 2. The Balaban J connectivity index is 3.74. The molecule has 0 aliphatic heterocycles. The number of nitrogens with zero attached hydrogens (tertiary/aromatic N) is 1. The van der Waals surface area contributed by atoms with Gasteiger partial charge >= 0.3 is 0 Å². The van der Waals surface area contributed by atoms with E-state index in [0.29, 0.717) is 5.70 Å². The van der Waals surface area contributed by atoms with Crippen LogP contribution in [0.4, 0.5) is 0 Å². The highest BCUT2D eigenvalue weighted by atomic mass is 35.5. The number of aliphatic imine (C=N–C) groups is 1. The molecule has 0 N–H and O–H groups in total. The summed E-state index contributed by atoms with van der Waals surface area (Å²) in [6, 6.07) is 0. The van der Waals surface area contributed by atoms with Gasteiger partial charge in [-0.05, 0) is 26.1 Å².